The van der Waals surface area contributed by atoms with E-state index in [-0.39, 0.29) is 6.54 Å². The summed E-state index contributed by atoms with van der Waals surface area (Å²) in [6.07, 6.45) is 0. The van der Waals surface area contributed by atoms with Gasteiger partial charge in [-0.05, 0) is 27.8 Å². The molecule has 0 atom stereocenters. The van der Waals surface area contributed by atoms with Crippen LogP contribution in [0.2, 0.25) is 0 Å². The number of nitrogens with zero attached hydrogens (tertiary/aromatic N) is 1. The molecule has 1 rings (SSSR count). The van der Waals surface area contributed by atoms with Crippen LogP contribution in [0.25, 0.3) is 0 Å². The van der Waals surface area contributed by atoms with Crippen LogP contribution in [0.5, 0.6) is 0 Å². The molecule has 0 aliphatic rings. The Morgan fingerprint density at radius 3 is 1.68 bits per heavy atom. The first-order valence-corrected chi connectivity index (χ1v) is 7.14. The van der Waals surface area contributed by atoms with Crippen molar-refractivity contribution in [2.45, 2.75) is 26.3 Å². The molecule has 0 aromatic heterocycles. The molecule has 5 nitrogen and oxygen atoms in total. The number of carbonyl (C=O) groups excluding carboxylic acids is 2. The Kier molecular flexibility index (Phi) is 6.47. The van der Waals surface area contributed by atoms with E-state index in [2.05, 4.69) is 5.32 Å². The highest BCUT2D eigenvalue weighted by Crippen LogP contribution is 2.26. The van der Waals surface area contributed by atoms with Crippen LogP contribution in [-0.4, -0.2) is 42.4 Å². The van der Waals surface area contributed by atoms with Gasteiger partial charge in [-0.15, -0.1) is 0 Å². The van der Waals surface area contributed by atoms with Crippen LogP contribution < -0.4 is 10.6 Å². The number of carbonyl (C=O) groups is 2. The zero-order valence-corrected chi connectivity index (χ0v) is 14.1. The summed E-state index contributed by atoms with van der Waals surface area (Å²) in [5.41, 5.74) is -1.93. The molecular weight excluding hydrogens is 349 g/mol. The molecule has 0 bridgehead atoms. The summed E-state index contributed by atoms with van der Waals surface area (Å²) in [7, 11) is 1.38. The lowest BCUT2D eigenvalue weighted by molar-refractivity contribution is -0.124. The molecular formula is C15H18F5N3O2. The highest BCUT2D eigenvalue weighted by Gasteiger charge is 2.27. The second kappa shape index (κ2) is 7.77. The fourth-order valence-electron chi connectivity index (χ4n) is 1.90. The lowest BCUT2D eigenvalue weighted by Crippen LogP contribution is -2.46. The Labute approximate surface area is 141 Å². The number of hydrogen-bond acceptors (Lipinski definition) is 3. The van der Waals surface area contributed by atoms with Crippen LogP contribution in [0.4, 0.5) is 27.6 Å². The van der Waals surface area contributed by atoms with Gasteiger partial charge in [-0.3, -0.25) is 14.5 Å². The Morgan fingerprint density at radius 2 is 1.24 bits per heavy atom. The molecule has 0 fully saturated rings. The summed E-state index contributed by atoms with van der Waals surface area (Å²) in [6, 6.07) is 0. The SMILES string of the molecule is CN(CC(=O)Nc1c(F)c(F)c(F)c(F)c1F)CC(=O)NC(C)(C)C. The van der Waals surface area contributed by atoms with Gasteiger partial charge in [0.2, 0.25) is 17.6 Å². The van der Waals surface area contributed by atoms with Crippen molar-refractivity contribution >= 4 is 17.5 Å². The van der Waals surface area contributed by atoms with Crippen molar-refractivity contribution in [2.24, 2.45) is 0 Å². The van der Waals surface area contributed by atoms with Crippen LogP contribution in [0.3, 0.4) is 0 Å². The fraction of sp³-hybridized carbons (Fsp3) is 0.467. The van der Waals surface area contributed by atoms with Gasteiger partial charge < -0.3 is 10.6 Å². The second-order valence-corrected chi connectivity index (χ2v) is 6.46. The molecule has 0 spiro atoms. The lowest BCUT2D eigenvalue weighted by Gasteiger charge is -2.23. The minimum Gasteiger partial charge on any atom is -0.350 e. The summed E-state index contributed by atoms with van der Waals surface area (Å²) >= 11 is 0. The number of nitrogens with one attached hydrogen (secondary N) is 2. The minimum atomic E-state index is -2.32. The molecule has 10 heteroatoms. The molecule has 1 aromatic carbocycles. The first-order valence-electron chi connectivity index (χ1n) is 7.14. The summed E-state index contributed by atoms with van der Waals surface area (Å²) in [4.78, 5) is 24.7. The van der Waals surface area contributed by atoms with Gasteiger partial charge in [-0.1, -0.05) is 0 Å². The van der Waals surface area contributed by atoms with Gasteiger partial charge in [0.1, 0.15) is 5.69 Å². The average molecular weight is 367 g/mol. The maximum absolute atomic E-state index is 13.5. The topological polar surface area (TPSA) is 61.4 Å². The van der Waals surface area contributed by atoms with Crippen molar-refractivity contribution in [1.29, 1.82) is 0 Å². The molecule has 0 heterocycles. The number of halogens is 5. The van der Waals surface area contributed by atoms with Gasteiger partial charge in [-0.25, -0.2) is 22.0 Å². The Bertz CT molecular complexity index is 660. The molecule has 2 N–H and O–H groups in total. The van der Waals surface area contributed by atoms with Crippen molar-refractivity contribution in [3.8, 4) is 0 Å². The first kappa shape index (κ1) is 20.8. The van der Waals surface area contributed by atoms with Crippen LogP contribution in [-0.2, 0) is 9.59 Å². The van der Waals surface area contributed by atoms with E-state index in [4.69, 9.17) is 0 Å². The molecule has 0 aliphatic carbocycles. The van der Waals surface area contributed by atoms with E-state index in [9.17, 15) is 31.5 Å². The van der Waals surface area contributed by atoms with Gasteiger partial charge in [0.15, 0.2) is 23.3 Å². The molecule has 2 amide bonds. The zero-order chi connectivity index (χ0) is 19.5. The maximum Gasteiger partial charge on any atom is 0.238 e. The Balaban J connectivity index is 2.77. The van der Waals surface area contributed by atoms with E-state index in [0.29, 0.717) is 0 Å². The van der Waals surface area contributed by atoms with E-state index in [1.807, 2.05) is 0 Å². The lowest BCUT2D eigenvalue weighted by atomic mass is 10.1. The molecule has 25 heavy (non-hydrogen) atoms. The molecule has 1 aromatic rings. The van der Waals surface area contributed by atoms with Crippen LogP contribution in [0.15, 0.2) is 0 Å². The molecule has 140 valence electrons. The third kappa shape index (κ3) is 5.66. The van der Waals surface area contributed by atoms with E-state index >= 15 is 0 Å². The largest absolute Gasteiger partial charge is 0.350 e. The predicted molar refractivity (Wildman–Crippen MR) is 80.3 cm³/mol. The van der Waals surface area contributed by atoms with E-state index in [1.165, 1.54) is 11.9 Å². The second-order valence-electron chi connectivity index (χ2n) is 6.46. The predicted octanol–water partition coefficient (Wildman–Crippen LogP) is 2.17. The molecule has 0 saturated heterocycles. The smallest absolute Gasteiger partial charge is 0.238 e. The Hall–Kier alpha value is -2.23. The summed E-state index contributed by atoms with van der Waals surface area (Å²) < 4.78 is 66.0. The van der Waals surface area contributed by atoms with Gasteiger partial charge in [-0.2, -0.15) is 0 Å². The number of likely N-dealkylation sites (N-methyl/N-ethyl adjacent to an activating group) is 1. The number of anilines is 1. The number of benzene rings is 1. The van der Waals surface area contributed by atoms with Gasteiger partial charge >= 0.3 is 0 Å². The molecule has 0 saturated carbocycles. The first-order chi connectivity index (χ1) is 11.3. The number of rotatable bonds is 5. The van der Waals surface area contributed by atoms with Crippen molar-refractivity contribution < 1.29 is 31.5 Å². The van der Waals surface area contributed by atoms with Crippen LogP contribution >= 0.6 is 0 Å². The normalized spacial score (nSPS) is 11.6. The van der Waals surface area contributed by atoms with Gasteiger partial charge in [0.05, 0.1) is 13.1 Å². The van der Waals surface area contributed by atoms with Crippen molar-refractivity contribution in [3.05, 3.63) is 29.1 Å². The summed E-state index contributed by atoms with van der Waals surface area (Å²) in [6.45, 7) is 4.54. The zero-order valence-electron chi connectivity index (χ0n) is 14.1. The quantitative estimate of drug-likeness (QED) is 0.476. The third-order valence-electron chi connectivity index (χ3n) is 2.82. The van der Waals surface area contributed by atoms with Gasteiger partial charge in [0, 0.05) is 5.54 Å². The van der Waals surface area contributed by atoms with Crippen LogP contribution in [0, 0.1) is 29.1 Å². The molecule has 0 aliphatic heterocycles. The molecule has 0 radical (unpaired) electrons. The number of amides is 2. The minimum absolute atomic E-state index is 0.207. The maximum atomic E-state index is 13.5. The van der Waals surface area contributed by atoms with Crippen LogP contribution in [0.1, 0.15) is 20.8 Å². The fourth-order valence-corrected chi connectivity index (χ4v) is 1.90. The third-order valence-corrected chi connectivity index (χ3v) is 2.82. The van der Waals surface area contributed by atoms with E-state index in [1.54, 1.807) is 26.1 Å². The van der Waals surface area contributed by atoms with Crippen molar-refractivity contribution in [3.63, 3.8) is 0 Å². The van der Waals surface area contributed by atoms with E-state index in [0.717, 1.165) is 0 Å². The van der Waals surface area contributed by atoms with Crippen molar-refractivity contribution in [2.75, 3.05) is 25.5 Å². The highest BCUT2D eigenvalue weighted by molar-refractivity contribution is 5.93. The van der Waals surface area contributed by atoms with Crippen molar-refractivity contribution in [1.82, 2.24) is 10.2 Å². The highest BCUT2D eigenvalue weighted by atomic mass is 19.2. The van der Waals surface area contributed by atoms with Gasteiger partial charge in [0.25, 0.3) is 0 Å². The Morgan fingerprint density at radius 1 is 0.840 bits per heavy atom. The standard InChI is InChI=1S/C15H18F5N3O2/c1-15(2,3)22-8(25)6-23(4)5-7(24)21-14-12(19)10(17)9(16)11(18)13(14)20/h5-6H2,1-4H3,(H,21,24)(H,22,25). The monoisotopic (exact) mass is 367 g/mol. The molecule has 0 unspecified atom stereocenters. The average Bonchev–Trinajstić information content (AvgIpc) is 2.45. The van der Waals surface area contributed by atoms with E-state index < -0.39 is 58.7 Å². The number of hydrogen-bond donors (Lipinski definition) is 2. The summed E-state index contributed by atoms with van der Waals surface area (Å²) in [5.74, 6) is -12.4. The summed E-state index contributed by atoms with van der Waals surface area (Å²) in [5, 5.41) is 4.27.